The largest absolute Gasteiger partial charge is 0.379 e. The van der Waals surface area contributed by atoms with Crippen LogP contribution in [0.2, 0.25) is 5.02 Å². The molecule has 2 atom stereocenters. The van der Waals surface area contributed by atoms with Crippen LogP contribution in [-0.2, 0) is 10.0 Å². The van der Waals surface area contributed by atoms with Gasteiger partial charge in [-0.1, -0.05) is 30.9 Å². The zero-order chi connectivity index (χ0) is 20.4. The van der Waals surface area contributed by atoms with Crippen molar-refractivity contribution in [2.75, 3.05) is 10.0 Å². The molecule has 2 fully saturated rings. The second-order valence-corrected chi connectivity index (χ2v) is 10.6. The molecule has 29 heavy (non-hydrogen) atoms. The number of sulfonamides is 1. The molecule has 4 rings (SSSR count). The quantitative estimate of drug-likeness (QED) is 0.564. The van der Waals surface area contributed by atoms with Crippen molar-refractivity contribution in [1.82, 2.24) is 10.3 Å². The SMILES string of the molecule is O=S(=O)(Nc1nccs1)c1cc(Cl)c(N[C@H]2CCCC[C@@H]2NC2CCC2)cc1F. The molecular weight excluding hydrogens is 435 g/mol. The van der Waals surface area contributed by atoms with E-state index in [1.54, 1.807) is 5.38 Å². The number of anilines is 2. The Morgan fingerprint density at radius 2 is 1.86 bits per heavy atom. The van der Waals surface area contributed by atoms with E-state index in [-0.39, 0.29) is 16.2 Å². The van der Waals surface area contributed by atoms with Crippen molar-refractivity contribution < 1.29 is 12.8 Å². The number of benzene rings is 1. The summed E-state index contributed by atoms with van der Waals surface area (Å²) in [4.78, 5) is 3.38. The van der Waals surface area contributed by atoms with E-state index in [1.165, 1.54) is 37.9 Å². The third kappa shape index (κ3) is 4.84. The molecule has 0 spiro atoms. The zero-order valence-electron chi connectivity index (χ0n) is 15.8. The molecule has 6 nitrogen and oxygen atoms in total. The van der Waals surface area contributed by atoms with Gasteiger partial charge in [0.05, 0.1) is 10.7 Å². The Labute approximate surface area is 179 Å². The second kappa shape index (κ2) is 8.75. The first-order valence-electron chi connectivity index (χ1n) is 9.86. The van der Waals surface area contributed by atoms with E-state index in [9.17, 15) is 12.8 Å². The van der Waals surface area contributed by atoms with Crippen molar-refractivity contribution in [2.45, 2.75) is 68.0 Å². The molecule has 2 aromatic rings. The lowest BCUT2D eigenvalue weighted by atomic mass is 9.86. The lowest BCUT2D eigenvalue weighted by Crippen LogP contribution is -2.51. The summed E-state index contributed by atoms with van der Waals surface area (Å²) in [6.07, 6.45) is 9.46. The van der Waals surface area contributed by atoms with Crippen molar-refractivity contribution in [1.29, 1.82) is 0 Å². The predicted octanol–water partition coefficient (Wildman–Crippen LogP) is 4.60. The minimum atomic E-state index is -4.11. The van der Waals surface area contributed by atoms with Crippen molar-refractivity contribution in [3.63, 3.8) is 0 Å². The summed E-state index contributed by atoms with van der Waals surface area (Å²) in [7, 11) is -4.11. The second-order valence-electron chi connectivity index (χ2n) is 7.64. The molecule has 1 aromatic heterocycles. The number of nitrogens with one attached hydrogen (secondary N) is 3. The summed E-state index contributed by atoms with van der Waals surface area (Å²) >= 11 is 7.46. The Morgan fingerprint density at radius 3 is 2.52 bits per heavy atom. The van der Waals surface area contributed by atoms with Crippen LogP contribution >= 0.6 is 22.9 Å². The maximum atomic E-state index is 14.7. The Bertz CT molecular complexity index is 951. The molecule has 0 bridgehead atoms. The van der Waals surface area contributed by atoms with Gasteiger partial charge in [0, 0.05) is 29.7 Å². The number of hydrogen-bond donors (Lipinski definition) is 3. The molecule has 3 N–H and O–H groups in total. The van der Waals surface area contributed by atoms with Gasteiger partial charge in [0.1, 0.15) is 10.7 Å². The monoisotopic (exact) mass is 458 g/mol. The highest BCUT2D eigenvalue weighted by Gasteiger charge is 2.30. The Morgan fingerprint density at radius 1 is 1.10 bits per heavy atom. The molecule has 2 saturated carbocycles. The molecular formula is C19H24ClFN4O2S2. The summed E-state index contributed by atoms with van der Waals surface area (Å²) in [6.45, 7) is 0. The van der Waals surface area contributed by atoms with Crippen LogP contribution in [0.5, 0.6) is 0 Å². The van der Waals surface area contributed by atoms with Gasteiger partial charge in [0.25, 0.3) is 10.0 Å². The van der Waals surface area contributed by atoms with Gasteiger partial charge in [-0.05, 0) is 37.8 Å². The van der Waals surface area contributed by atoms with E-state index in [1.807, 2.05) is 0 Å². The van der Waals surface area contributed by atoms with Crippen LogP contribution in [0.1, 0.15) is 44.9 Å². The normalized spacial score (nSPS) is 22.8. The van der Waals surface area contributed by atoms with Gasteiger partial charge in [-0.2, -0.15) is 0 Å². The molecule has 0 aliphatic heterocycles. The number of rotatable bonds is 7. The van der Waals surface area contributed by atoms with Gasteiger partial charge in [0.2, 0.25) is 0 Å². The average Bonchev–Trinajstić information content (AvgIpc) is 3.14. The summed E-state index contributed by atoms with van der Waals surface area (Å²) in [5.41, 5.74) is 0.421. The molecule has 1 heterocycles. The predicted molar refractivity (Wildman–Crippen MR) is 115 cm³/mol. The highest BCUT2D eigenvalue weighted by atomic mass is 35.5. The average molecular weight is 459 g/mol. The third-order valence-electron chi connectivity index (χ3n) is 5.63. The first-order valence-corrected chi connectivity index (χ1v) is 12.6. The highest BCUT2D eigenvalue weighted by molar-refractivity contribution is 7.93. The van der Waals surface area contributed by atoms with Gasteiger partial charge >= 0.3 is 0 Å². The van der Waals surface area contributed by atoms with Crippen LogP contribution in [0.15, 0.2) is 28.6 Å². The summed E-state index contributed by atoms with van der Waals surface area (Å²) < 4.78 is 42.0. The van der Waals surface area contributed by atoms with Crippen molar-refractivity contribution in [2.24, 2.45) is 0 Å². The van der Waals surface area contributed by atoms with Crippen LogP contribution < -0.4 is 15.4 Å². The highest BCUT2D eigenvalue weighted by Crippen LogP contribution is 2.32. The number of halogens is 2. The van der Waals surface area contributed by atoms with Crippen molar-refractivity contribution in [3.05, 3.63) is 34.5 Å². The van der Waals surface area contributed by atoms with Crippen LogP contribution in [-0.4, -0.2) is 31.5 Å². The maximum absolute atomic E-state index is 14.7. The molecule has 0 saturated heterocycles. The molecule has 158 valence electrons. The zero-order valence-corrected chi connectivity index (χ0v) is 18.2. The number of nitrogens with zero attached hydrogens (tertiary/aromatic N) is 1. The maximum Gasteiger partial charge on any atom is 0.266 e. The van der Waals surface area contributed by atoms with Gasteiger partial charge in [-0.25, -0.2) is 17.8 Å². The third-order valence-corrected chi connectivity index (χ3v) is 8.11. The molecule has 0 radical (unpaired) electrons. The standard InChI is InChI=1S/C19H24ClFN4O2S2/c20-13-10-18(29(26,27)25-19-22-8-9-28-19)14(21)11-17(13)24-16-7-2-1-6-15(16)23-12-4-3-5-12/h8-12,15-16,23-24H,1-7H2,(H,22,25)/t15-,16-/m0/s1. The van der Waals surface area contributed by atoms with Crippen molar-refractivity contribution >= 4 is 43.8 Å². The first-order chi connectivity index (χ1) is 13.9. The van der Waals surface area contributed by atoms with E-state index in [2.05, 4.69) is 20.3 Å². The summed E-state index contributed by atoms with van der Waals surface area (Å²) in [6, 6.07) is 3.35. The summed E-state index contributed by atoms with van der Waals surface area (Å²) in [5, 5.41) is 9.05. The van der Waals surface area contributed by atoms with E-state index >= 15 is 0 Å². The Balaban J connectivity index is 1.51. The van der Waals surface area contributed by atoms with Gasteiger partial charge in [-0.3, -0.25) is 4.72 Å². The fourth-order valence-electron chi connectivity index (χ4n) is 3.87. The number of thiazole rings is 1. The van der Waals surface area contributed by atoms with Crippen LogP contribution in [0.25, 0.3) is 0 Å². The van der Waals surface area contributed by atoms with Gasteiger partial charge < -0.3 is 10.6 Å². The fraction of sp³-hybridized carbons (Fsp3) is 0.526. The topological polar surface area (TPSA) is 83.1 Å². The number of aromatic nitrogens is 1. The fourth-order valence-corrected chi connectivity index (χ4v) is 6.03. The van der Waals surface area contributed by atoms with Crippen LogP contribution in [0, 0.1) is 5.82 Å². The molecule has 0 amide bonds. The lowest BCUT2D eigenvalue weighted by Gasteiger charge is -2.39. The minimum absolute atomic E-state index is 0.136. The van der Waals surface area contributed by atoms with Crippen LogP contribution in [0.3, 0.4) is 0 Å². The molecule has 2 aliphatic carbocycles. The van der Waals surface area contributed by atoms with E-state index < -0.39 is 20.7 Å². The number of hydrogen-bond acceptors (Lipinski definition) is 6. The molecule has 1 aromatic carbocycles. The van der Waals surface area contributed by atoms with E-state index in [4.69, 9.17) is 11.6 Å². The van der Waals surface area contributed by atoms with E-state index in [0.29, 0.717) is 17.8 Å². The Hall–Kier alpha value is -1.42. The van der Waals surface area contributed by atoms with Gasteiger partial charge in [-0.15, -0.1) is 11.3 Å². The van der Waals surface area contributed by atoms with E-state index in [0.717, 1.165) is 36.7 Å². The first kappa shape index (κ1) is 20.8. The molecule has 2 aliphatic rings. The lowest BCUT2D eigenvalue weighted by molar-refractivity contribution is 0.253. The van der Waals surface area contributed by atoms with Crippen molar-refractivity contribution in [3.8, 4) is 0 Å². The van der Waals surface area contributed by atoms with Gasteiger partial charge in [0.15, 0.2) is 5.13 Å². The molecule has 0 unspecified atom stereocenters. The Kier molecular flexibility index (Phi) is 6.29. The molecule has 10 heteroatoms. The summed E-state index contributed by atoms with van der Waals surface area (Å²) in [5.74, 6) is -0.847. The van der Waals surface area contributed by atoms with Crippen LogP contribution in [0.4, 0.5) is 15.2 Å². The smallest absolute Gasteiger partial charge is 0.266 e. The minimum Gasteiger partial charge on any atom is -0.379 e.